The third-order valence-electron chi connectivity index (χ3n) is 2.39. The Bertz CT molecular complexity index is 512. The summed E-state index contributed by atoms with van der Waals surface area (Å²) < 4.78 is 0. The summed E-state index contributed by atoms with van der Waals surface area (Å²) in [5.74, 6) is 0.754. The van der Waals surface area contributed by atoms with Crippen molar-refractivity contribution in [2.45, 2.75) is 20.4 Å². The van der Waals surface area contributed by atoms with Crippen molar-refractivity contribution in [1.29, 1.82) is 0 Å². The van der Waals surface area contributed by atoms with E-state index in [0.717, 1.165) is 22.8 Å². The number of benzene rings is 1. The second kappa shape index (κ2) is 5.75. The predicted octanol–water partition coefficient (Wildman–Crippen LogP) is 2.64. The Kier molecular flexibility index (Phi) is 4.61. The molecule has 2 N–H and O–H groups in total. The maximum atomic E-state index is 5.61. The quantitative estimate of drug-likeness (QED) is 0.890. The summed E-state index contributed by atoms with van der Waals surface area (Å²) in [4.78, 5) is 8.85. The molecule has 0 aliphatic carbocycles. The zero-order chi connectivity index (χ0) is 11.5. The molecule has 3 nitrogen and oxygen atoms in total. The van der Waals surface area contributed by atoms with E-state index in [1.54, 1.807) is 0 Å². The van der Waals surface area contributed by atoms with Gasteiger partial charge in [0, 0.05) is 17.8 Å². The molecule has 0 bridgehead atoms. The lowest BCUT2D eigenvalue weighted by molar-refractivity contribution is 0.953. The van der Waals surface area contributed by atoms with E-state index in [4.69, 9.17) is 5.73 Å². The van der Waals surface area contributed by atoms with E-state index in [-0.39, 0.29) is 12.4 Å². The lowest BCUT2D eigenvalue weighted by Crippen LogP contribution is -2.03. The number of aromatic nitrogens is 2. The Morgan fingerprint density at radius 3 is 2.53 bits per heavy atom. The molecule has 0 atom stereocenters. The molecule has 4 heteroatoms. The standard InChI is InChI=1S/C13H15N3.ClH/c1-9-4-3-5-11(6-9)13-15-10(2)7-12(8-14)16-13;/h3-7H,8,14H2,1-2H3;1H. The van der Waals surface area contributed by atoms with Gasteiger partial charge in [-0.15, -0.1) is 12.4 Å². The Balaban J connectivity index is 0.00000144. The minimum Gasteiger partial charge on any atom is -0.325 e. The molecular weight excluding hydrogens is 234 g/mol. The topological polar surface area (TPSA) is 51.8 Å². The van der Waals surface area contributed by atoms with Crippen LogP contribution in [0.3, 0.4) is 0 Å². The fourth-order valence-electron chi connectivity index (χ4n) is 1.65. The highest BCUT2D eigenvalue weighted by Crippen LogP contribution is 2.17. The number of aryl methyl sites for hydroxylation is 2. The van der Waals surface area contributed by atoms with Gasteiger partial charge in [0.25, 0.3) is 0 Å². The predicted molar refractivity (Wildman–Crippen MR) is 72.1 cm³/mol. The van der Waals surface area contributed by atoms with E-state index in [0.29, 0.717) is 6.54 Å². The molecule has 0 saturated carbocycles. The van der Waals surface area contributed by atoms with Crippen LogP contribution >= 0.6 is 12.4 Å². The molecule has 1 aromatic heterocycles. The molecule has 0 saturated heterocycles. The molecule has 0 aliphatic rings. The average molecular weight is 250 g/mol. The molecule has 0 unspecified atom stereocenters. The van der Waals surface area contributed by atoms with Crippen molar-refractivity contribution in [3.8, 4) is 11.4 Å². The summed E-state index contributed by atoms with van der Waals surface area (Å²) in [6, 6.07) is 10.1. The minimum atomic E-state index is 0. The van der Waals surface area contributed by atoms with Crippen molar-refractivity contribution in [3.05, 3.63) is 47.3 Å². The normalized spacial score (nSPS) is 9.82. The first-order valence-electron chi connectivity index (χ1n) is 5.30. The van der Waals surface area contributed by atoms with Crippen molar-refractivity contribution in [2.24, 2.45) is 5.73 Å². The minimum absolute atomic E-state index is 0. The van der Waals surface area contributed by atoms with Crippen LogP contribution in [0.1, 0.15) is 17.0 Å². The molecule has 0 aliphatic heterocycles. The number of hydrogen-bond acceptors (Lipinski definition) is 3. The summed E-state index contributed by atoms with van der Waals surface area (Å²) in [7, 11) is 0. The van der Waals surface area contributed by atoms with Crippen molar-refractivity contribution < 1.29 is 0 Å². The van der Waals surface area contributed by atoms with Gasteiger partial charge in [0.2, 0.25) is 0 Å². The highest BCUT2D eigenvalue weighted by molar-refractivity contribution is 5.85. The second-order valence-electron chi connectivity index (χ2n) is 3.90. The molecule has 0 amide bonds. The molecule has 2 rings (SSSR count). The van der Waals surface area contributed by atoms with Crippen LogP contribution in [0.4, 0.5) is 0 Å². The van der Waals surface area contributed by atoms with E-state index in [9.17, 15) is 0 Å². The van der Waals surface area contributed by atoms with Crippen molar-refractivity contribution in [2.75, 3.05) is 0 Å². The van der Waals surface area contributed by atoms with Crippen LogP contribution in [0.15, 0.2) is 30.3 Å². The Hall–Kier alpha value is -1.45. The number of halogens is 1. The van der Waals surface area contributed by atoms with Crippen LogP contribution in [0.2, 0.25) is 0 Å². The fourth-order valence-corrected chi connectivity index (χ4v) is 1.65. The largest absolute Gasteiger partial charge is 0.325 e. The van der Waals surface area contributed by atoms with Crippen LogP contribution < -0.4 is 5.73 Å². The Labute approximate surface area is 108 Å². The van der Waals surface area contributed by atoms with Gasteiger partial charge in [-0.2, -0.15) is 0 Å². The molecular formula is C13H16ClN3. The van der Waals surface area contributed by atoms with Gasteiger partial charge in [-0.1, -0.05) is 23.8 Å². The van der Waals surface area contributed by atoms with Gasteiger partial charge < -0.3 is 5.73 Å². The first-order valence-corrected chi connectivity index (χ1v) is 5.30. The van der Waals surface area contributed by atoms with Gasteiger partial charge in [-0.25, -0.2) is 9.97 Å². The lowest BCUT2D eigenvalue weighted by atomic mass is 10.1. The number of hydrogen-bond donors (Lipinski definition) is 1. The highest BCUT2D eigenvalue weighted by atomic mass is 35.5. The molecule has 90 valence electrons. The summed E-state index contributed by atoms with van der Waals surface area (Å²) >= 11 is 0. The molecule has 2 aromatic rings. The fraction of sp³-hybridized carbons (Fsp3) is 0.231. The van der Waals surface area contributed by atoms with Crippen LogP contribution in [-0.4, -0.2) is 9.97 Å². The van der Waals surface area contributed by atoms with Gasteiger partial charge >= 0.3 is 0 Å². The molecule has 1 heterocycles. The van der Waals surface area contributed by atoms with Crippen molar-refractivity contribution >= 4 is 12.4 Å². The molecule has 1 aromatic carbocycles. The van der Waals surface area contributed by atoms with Crippen LogP contribution in [0.5, 0.6) is 0 Å². The zero-order valence-corrected chi connectivity index (χ0v) is 10.8. The van der Waals surface area contributed by atoms with Crippen LogP contribution in [0.25, 0.3) is 11.4 Å². The average Bonchev–Trinajstić information content (AvgIpc) is 2.28. The number of nitrogens with zero attached hydrogens (tertiary/aromatic N) is 2. The van der Waals surface area contributed by atoms with E-state index < -0.39 is 0 Å². The van der Waals surface area contributed by atoms with Gasteiger partial charge in [-0.3, -0.25) is 0 Å². The van der Waals surface area contributed by atoms with E-state index >= 15 is 0 Å². The monoisotopic (exact) mass is 249 g/mol. The molecule has 0 spiro atoms. The third kappa shape index (κ3) is 3.25. The Morgan fingerprint density at radius 2 is 1.88 bits per heavy atom. The van der Waals surface area contributed by atoms with Gasteiger partial charge in [0.05, 0.1) is 5.69 Å². The van der Waals surface area contributed by atoms with Gasteiger partial charge in [-0.05, 0) is 26.0 Å². The highest BCUT2D eigenvalue weighted by Gasteiger charge is 2.04. The summed E-state index contributed by atoms with van der Waals surface area (Å²) in [6.07, 6.45) is 0. The second-order valence-corrected chi connectivity index (χ2v) is 3.90. The first kappa shape index (κ1) is 13.6. The summed E-state index contributed by atoms with van der Waals surface area (Å²) in [5, 5.41) is 0. The SMILES string of the molecule is Cc1cccc(-c2nc(C)cc(CN)n2)c1.Cl. The molecule has 0 radical (unpaired) electrons. The van der Waals surface area contributed by atoms with Gasteiger partial charge in [0.15, 0.2) is 5.82 Å². The zero-order valence-electron chi connectivity index (χ0n) is 9.97. The molecule has 0 fully saturated rings. The Morgan fingerprint density at radius 1 is 1.12 bits per heavy atom. The number of rotatable bonds is 2. The van der Waals surface area contributed by atoms with E-state index in [2.05, 4.69) is 29.0 Å². The maximum Gasteiger partial charge on any atom is 0.159 e. The smallest absolute Gasteiger partial charge is 0.159 e. The van der Waals surface area contributed by atoms with Crippen LogP contribution in [-0.2, 0) is 6.54 Å². The lowest BCUT2D eigenvalue weighted by Gasteiger charge is -2.05. The van der Waals surface area contributed by atoms with Gasteiger partial charge in [0.1, 0.15) is 0 Å². The van der Waals surface area contributed by atoms with E-state index in [1.807, 2.05) is 25.1 Å². The first-order chi connectivity index (χ1) is 7.69. The third-order valence-corrected chi connectivity index (χ3v) is 2.39. The molecule has 17 heavy (non-hydrogen) atoms. The van der Waals surface area contributed by atoms with Crippen LogP contribution in [0, 0.1) is 13.8 Å². The number of nitrogens with two attached hydrogens (primary N) is 1. The summed E-state index contributed by atoms with van der Waals surface area (Å²) in [5.41, 5.74) is 9.68. The van der Waals surface area contributed by atoms with Crippen molar-refractivity contribution in [1.82, 2.24) is 9.97 Å². The van der Waals surface area contributed by atoms with E-state index in [1.165, 1.54) is 5.56 Å². The van der Waals surface area contributed by atoms with Crippen molar-refractivity contribution in [3.63, 3.8) is 0 Å². The maximum absolute atomic E-state index is 5.61. The summed E-state index contributed by atoms with van der Waals surface area (Å²) in [6.45, 7) is 4.46.